The predicted octanol–water partition coefficient (Wildman–Crippen LogP) is 1.48. The van der Waals surface area contributed by atoms with E-state index in [2.05, 4.69) is 28.5 Å². The van der Waals surface area contributed by atoms with Gasteiger partial charge in [0.05, 0.1) is 0 Å². The highest BCUT2D eigenvalue weighted by atomic mass is 32.1. The van der Waals surface area contributed by atoms with Crippen molar-refractivity contribution in [3.8, 4) is 5.19 Å². The van der Waals surface area contributed by atoms with Crippen LogP contribution in [-0.2, 0) is 6.42 Å². The van der Waals surface area contributed by atoms with Gasteiger partial charge in [0.2, 0.25) is 0 Å². The molecule has 1 aromatic rings. The molecule has 1 N–H and O–H groups in total. The molecule has 1 rings (SSSR count). The molecule has 0 aromatic carbocycles. The van der Waals surface area contributed by atoms with Gasteiger partial charge >= 0.3 is 0 Å². The van der Waals surface area contributed by atoms with Gasteiger partial charge < -0.3 is 10.1 Å². The van der Waals surface area contributed by atoms with E-state index in [1.54, 1.807) is 0 Å². The summed E-state index contributed by atoms with van der Waals surface area (Å²) in [6, 6.07) is 0.499. The zero-order valence-corrected chi connectivity index (χ0v) is 9.73. The quantitative estimate of drug-likeness (QED) is 0.730. The molecule has 0 aliphatic carbocycles. The van der Waals surface area contributed by atoms with E-state index in [9.17, 15) is 0 Å². The van der Waals surface area contributed by atoms with Gasteiger partial charge in [0.25, 0.3) is 5.19 Å². The van der Waals surface area contributed by atoms with Crippen LogP contribution in [0.1, 0.15) is 26.6 Å². The lowest BCUT2D eigenvalue weighted by Gasteiger charge is -2.07. The molecule has 0 atom stereocenters. The number of nitrogens with one attached hydrogen (secondary N) is 1. The minimum Gasteiger partial charge on any atom is -0.468 e. The van der Waals surface area contributed by atoms with Gasteiger partial charge in [-0.3, -0.25) is 0 Å². The predicted molar refractivity (Wildman–Crippen MR) is 57.9 cm³/mol. The van der Waals surface area contributed by atoms with Crippen molar-refractivity contribution in [2.45, 2.75) is 33.2 Å². The van der Waals surface area contributed by atoms with Gasteiger partial charge in [0, 0.05) is 30.5 Å². The van der Waals surface area contributed by atoms with Gasteiger partial charge in [-0.25, -0.2) is 0 Å². The zero-order chi connectivity index (χ0) is 10.4. The van der Waals surface area contributed by atoms with Crippen LogP contribution in [0.15, 0.2) is 0 Å². The summed E-state index contributed by atoms with van der Waals surface area (Å²) in [4.78, 5) is 4.20. The van der Waals surface area contributed by atoms with Gasteiger partial charge in [-0.1, -0.05) is 20.8 Å². The van der Waals surface area contributed by atoms with E-state index in [0.29, 0.717) is 17.8 Å². The van der Waals surface area contributed by atoms with E-state index in [4.69, 9.17) is 4.74 Å². The summed E-state index contributed by atoms with van der Waals surface area (Å²) in [6.45, 7) is 7.75. The summed E-state index contributed by atoms with van der Waals surface area (Å²) in [5, 5.41) is 3.94. The molecule has 0 amide bonds. The second-order valence-corrected chi connectivity index (χ2v) is 4.00. The van der Waals surface area contributed by atoms with Crippen molar-refractivity contribution in [2.24, 2.45) is 0 Å². The fourth-order valence-electron chi connectivity index (χ4n) is 0.926. The lowest BCUT2D eigenvalue weighted by atomic mass is 10.4. The van der Waals surface area contributed by atoms with Gasteiger partial charge in [0.15, 0.2) is 0 Å². The maximum absolute atomic E-state index is 5.42. The number of ether oxygens (including phenoxy) is 1. The average Bonchev–Trinajstić information content (AvgIpc) is 2.60. The summed E-state index contributed by atoms with van der Waals surface area (Å²) in [5.74, 6) is 0.863. The number of aromatic nitrogens is 2. The molecule has 0 unspecified atom stereocenters. The van der Waals surface area contributed by atoms with Gasteiger partial charge in [-0.2, -0.15) is 9.36 Å². The average molecular weight is 215 g/mol. The Kier molecular flexibility index (Phi) is 4.82. The second kappa shape index (κ2) is 5.93. The molecule has 80 valence electrons. The maximum atomic E-state index is 5.42. The second-order valence-electron chi connectivity index (χ2n) is 3.29. The molecule has 1 aromatic heterocycles. The normalized spacial score (nSPS) is 10.9. The lowest BCUT2D eigenvalue weighted by Crippen LogP contribution is -2.27. The molecule has 0 aliphatic heterocycles. The first-order valence-corrected chi connectivity index (χ1v) is 5.68. The molecule has 0 aliphatic rings. The third kappa shape index (κ3) is 4.02. The van der Waals surface area contributed by atoms with Crippen LogP contribution in [0, 0.1) is 0 Å². The molecule has 0 saturated heterocycles. The molecule has 14 heavy (non-hydrogen) atoms. The molecule has 0 bridgehead atoms. The number of aryl methyl sites for hydroxylation is 1. The van der Waals surface area contributed by atoms with Crippen molar-refractivity contribution in [1.29, 1.82) is 0 Å². The minimum absolute atomic E-state index is 0.499. The van der Waals surface area contributed by atoms with Crippen molar-refractivity contribution in [3.63, 3.8) is 0 Å². The molecule has 5 heteroatoms. The van der Waals surface area contributed by atoms with E-state index in [1.807, 2.05) is 6.92 Å². The highest BCUT2D eigenvalue weighted by Crippen LogP contribution is 2.13. The fraction of sp³-hybridized carbons (Fsp3) is 0.778. The van der Waals surface area contributed by atoms with E-state index in [0.717, 1.165) is 18.8 Å². The zero-order valence-electron chi connectivity index (χ0n) is 8.91. The monoisotopic (exact) mass is 215 g/mol. The first kappa shape index (κ1) is 11.4. The van der Waals surface area contributed by atoms with E-state index >= 15 is 0 Å². The number of hydrogen-bond acceptors (Lipinski definition) is 5. The van der Waals surface area contributed by atoms with Crippen molar-refractivity contribution in [3.05, 3.63) is 5.82 Å². The van der Waals surface area contributed by atoms with E-state index in [1.165, 1.54) is 11.5 Å². The maximum Gasteiger partial charge on any atom is 0.293 e. The van der Waals surface area contributed by atoms with Crippen LogP contribution >= 0.6 is 11.5 Å². The Labute approximate surface area is 88.9 Å². The molecule has 0 saturated carbocycles. The van der Waals surface area contributed by atoms with Crippen molar-refractivity contribution >= 4 is 11.5 Å². The summed E-state index contributed by atoms with van der Waals surface area (Å²) in [5.41, 5.74) is 0. The van der Waals surface area contributed by atoms with Crippen molar-refractivity contribution in [1.82, 2.24) is 14.7 Å². The Morgan fingerprint density at radius 1 is 1.50 bits per heavy atom. The summed E-state index contributed by atoms with van der Waals surface area (Å²) < 4.78 is 9.55. The van der Waals surface area contributed by atoms with Crippen LogP contribution in [-0.4, -0.2) is 28.6 Å². The van der Waals surface area contributed by atoms with Crippen LogP contribution < -0.4 is 10.1 Å². The smallest absolute Gasteiger partial charge is 0.293 e. The number of rotatable bonds is 6. The fourth-order valence-corrected chi connectivity index (χ4v) is 1.56. The molecule has 0 spiro atoms. The molecular weight excluding hydrogens is 198 g/mol. The Morgan fingerprint density at radius 2 is 2.29 bits per heavy atom. The molecule has 0 radical (unpaired) electrons. The molecule has 4 nitrogen and oxygen atoms in total. The first-order valence-electron chi connectivity index (χ1n) is 4.91. The first-order chi connectivity index (χ1) is 6.72. The SMILES string of the molecule is CCc1nsc(OCCNC(C)C)n1. The topological polar surface area (TPSA) is 47.0 Å². The van der Waals surface area contributed by atoms with Crippen LogP contribution in [0.3, 0.4) is 0 Å². The summed E-state index contributed by atoms with van der Waals surface area (Å²) >= 11 is 1.32. The molecule has 1 heterocycles. The van der Waals surface area contributed by atoms with Gasteiger partial charge in [0.1, 0.15) is 12.4 Å². The van der Waals surface area contributed by atoms with Crippen molar-refractivity contribution < 1.29 is 4.74 Å². The van der Waals surface area contributed by atoms with Crippen molar-refractivity contribution in [2.75, 3.05) is 13.2 Å². The largest absolute Gasteiger partial charge is 0.468 e. The summed E-state index contributed by atoms with van der Waals surface area (Å²) in [6.07, 6.45) is 0.865. The van der Waals surface area contributed by atoms with Crippen LogP contribution in [0.4, 0.5) is 0 Å². The minimum atomic E-state index is 0.499. The molecular formula is C9H17N3OS. The number of hydrogen-bond donors (Lipinski definition) is 1. The van der Waals surface area contributed by atoms with Crippen LogP contribution in [0.25, 0.3) is 0 Å². The Morgan fingerprint density at radius 3 is 2.86 bits per heavy atom. The highest BCUT2D eigenvalue weighted by Gasteiger charge is 2.02. The Hall–Kier alpha value is -0.680. The third-order valence-electron chi connectivity index (χ3n) is 1.65. The van der Waals surface area contributed by atoms with E-state index in [-0.39, 0.29) is 0 Å². The number of nitrogens with zero attached hydrogens (tertiary/aromatic N) is 2. The van der Waals surface area contributed by atoms with Gasteiger partial charge in [-0.05, 0) is 0 Å². The van der Waals surface area contributed by atoms with Crippen LogP contribution in [0.2, 0.25) is 0 Å². The highest BCUT2D eigenvalue weighted by molar-refractivity contribution is 7.07. The lowest BCUT2D eigenvalue weighted by molar-refractivity contribution is 0.307. The van der Waals surface area contributed by atoms with Crippen LogP contribution in [0.5, 0.6) is 5.19 Å². The van der Waals surface area contributed by atoms with Gasteiger partial charge in [-0.15, -0.1) is 0 Å². The Bertz CT molecular complexity index is 262. The molecule has 0 fully saturated rings. The third-order valence-corrected chi connectivity index (χ3v) is 2.31. The summed E-state index contributed by atoms with van der Waals surface area (Å²) in [7, 11) is 0. The van der Waals surface area contributed by atoms with E-state index < -0.39 is 0 Å². The standard InChI is InChI=1S/C9H17N3OS/c1-4-8-11-9(14-12-8)13-6-5-10-7(2)3/h7,10H,4-6H2,1-3H3. The Balaban J connectivity index is 2.18.